The van der Waals surface area contributed by atoms with Gasteiger partial charge in [0.1, 0.15) is 5.69 Å². The lowest BCUT2D eigenvalue weighted by molar-refractivity contribution is -0.141. The van der Waals surface area contributed by atoms with Crippen molar-refractivity contribution in [2.45, 2.75) is 57.8 Å². The van der Waals surface area contributed by atoms with Crippen molar-refractivity contribution in [3.8, 4) is 0 Å². The van der Waals surface area contributed by atoms with Gasteiger partial charge in [-0.15, -0.1) is 0 Å². The maximum Gasteiger partial charge on any atom is 0.433 e. The zero-order valence-corrected chi connectivity index (χ0v) is 14.8. The molecule has 1 aromatic rings. The van der Waals surface area contributed by atoms with Crippen molar-refractivity contribution in [1.29, 1.82) is 0 Å². The number of halogens is 3. The summed E-state index contributed by atoms with van der Waals surface area (Å²) in [5.41, 5.74) is 0.619. The molecule has 1 heterocycles. The average molecular weight is 376 g/mol. The molecule has 0 bridgehead atoms. The predicted octanol–water partition coefficient (Wildman–Crippen LogP) is 2.56. The molecule has 1 rings (SSSR count). The average Bonchev–Trinajstić information content (AvgIpc) is 2.50. The number of carboxylic acid groups (broad SMARTS) is 1. The van der Waals surface area contributed by atoms with Crippen LogP contribution in [0.15, 0.2) is 18.3 Å². The van der Waals surface area contributed by atoms with Gasteiger partial charge in [-0.2, -0.15) is 13.2 Å². The van der Waals surface area contributed by atoms with Gasteiger partial charge in [-0.25, -0.2) is 10.6 Å². The van der Waals surface area contributed by atoms with E-state index in [1.165, 1.54) is 11.0 Å². The van der Waals surface area contributed by atoms with E-state index in [2.05, 4.69) is 4.98 Å². The first-order valence-electron chi connectivity index (χ1n) is 7.90. The molecule has 7 nitrogen and oxygen atoms in total. The molecular formula is C16H23F3N4O3. The van der Waals surface area contributed by atoms with E-state index in [4.69, 9.17) is 5.84 Å². The Balaban J connectivity index is 3.07. The second-order valence-corrected chi connectivity index (χ2v) is 6.84. The number of hydrazine groups is 1. The molecule has 1 atom stereocenters. The van der Waals surface area contributed by atoms with E-state index >= 15 is 0 Å². The number of rotatable bonds is 6. The first-order chi connectivity index (χ1) is 11.9. The van der Waals surface area contributed by atoms with Gasteiger partial charge < -0.3 is 10.0 Å². The predicted molar refractivity (Wildman–Crippen MR) is 87.9 cm³/mol. The van der Waals surface area contributed by atoms with Gasteiger partial charge in [0.25, 0.3) is 0 Å². The van der Waals surface area contributed by atoms with Crippen LogP contribution in [0.25, 0.3) is 0 Å². The Morgan fingerprint density at radius 2 is 1.92 bits per heavy atom. The molecule has 10 heteroatoms. The molecule has 0 aromatic carbocycles. The molecule has 0 aliphatic carbocycles. The van der Waals surface area contributed by atoms with Gasteiger partial charge in [0, 0.05) is 24.2 Å². The molecular weight excluding hydrogens is 353 g/mol. The molecule has 26 heavy (non-hydrogen) atoms. The van der Waals surface area contributed by atoms with Gasteiger partial charge >= 0.3 is 12.3 Å². The highest BCUT2D eigenvalue weighted by molar-refractivity contribution is 5.75. The van der Waals surface area contributed by atoms with Crippen LogP contribution in [-0.2, 0) is 17.4 Å². The molecule has 2 amide bonds. The minimum Gasteiger partial charge on any atom is -0.465 e. The number of carbonyl (C=O) groups excluding carboxylic acids is 1. The second-order valence-electron chi connectivity index (χ2n) is 6.84. The number of amides is 2. The highest BCUT2D eigenvalue weighted by Crippen LogP contribution is 2.28. The van der Waals surface area contributed by atoms with E-state index in [0.29, 0.717) is 5.56 Å². The molecule has 0 aliphatic rings. The summed E-state index contributed by atoms with van der Waals surface area (Å²) in [6.07, 6.45) is -4.40. The fourth-order valence-corrected chi connectivity index (χ4v) is 2.67. The van der Waals surface area contributed by atoms with Crippen LogP contribution >= 0.6 is 0 Å². The fourth-order valence-electron chi connectivity index (χ4n) is 2.67. The zero-order valence-electron chi connectivity index (χ0n) is 14.8. The van der Waals surface area contributed by atoms with Gasteiger partial charge in [0.15, 0.2) is 0 Å². The topological polar surface area (TPSA) is 109 Å². The van der Waals surface area contributed by atoms with Crippen LogP contribution in [0.3, 0.4) is 0 Å². The van der Waals surface area contributed by atoms with Gasteiger partial charge in [-0.3, -0.25) is 15.2 Å². The summed E-state index contributed by atoms with van der Waals surface area (Å²) in [6, 6.07) is 1.47. The Labute approximate surface area is 149 Å². The quantitative estimate of drug-likeness (QED) is 0.402. The van der Waals surface area contributed by atoms with Gasteiger partial charge in [0.05, 0.1) is 0 Å². The first-order valence-corrected chi connectivity index (χ1v) is 7.90. The number of pyridine rings is 1. The molecule has 0 unspecified atom stereocenters. The van der Waals surface area contributed by atoms with Crippen LogP contribution in [0.5, 0.6) is 0 Å². The highest BCUT2D eigenvalue weighted by Gasteiger charge is 2.34. The standard InChI is InChI=1S/C16H23F3N4O3/c1-15(2,3)23(14(25)26)11(5-7-13(24)22-20)8-10-4-6-12(21-9-10)16(17,18)19/h4,6,9,11H,5,7-8,20H2,1-3H3,(H,22,24)(H,25,26)/t11-/m1/s1. The maximum absolute atomic E-state index is 12.6. The fraction of sp³-hybridized carbons (Fsp3) is 0.562. The lowest BCUT2D eigenvalue weighted by atomic mass is 9.95. The molecule has 0 fully saturated rings. The number of alkyl halides is 3. The summed E-state index contributed by atoms with van der Waals surface area (Å²) in [7, 11) is 0. The molecule has 0 radical (unpaired) electrons. The monoisotopic (exact) mass is 376 g/mol. The number of hydrogen-bond donors (Lipinski definition) is 3. The SMILES string of the molecule is CC(C)(C)N(C(=O)O)[C@H](CCC(=O)NN)Cc1ccc(C(F)(F)F)nc1. The van der Waals surface area contributed by atoms with Gasteiger partial charge in [-0.05, 0) is 45.2 Å². The second kappa shape index (κ2) is 8.35. The van der Waals surface area contributed by atoms with E-state index in [-0.39, 0.29) is 19.3 Å². The lowest BCUT2D eigenvalue weighted by Gasteiger charge is -2.39. The van der Waals surface area contributed by atoms with Gasteiger partial charge in [0.2, 0.25) is 5.91 Å². The van der Waals surface area contributed by atoms with Crippen molar-refractivity contribution >= 4 is 12.0 Å². The van der Waals surface area contributed by atoms with Crippen LogP contribution in [0.1, 0.15) is 44.9 Å². The van der Waals surface area contributed by atoms with Crippen LogP contribution in [0.4, 0.5) is 18.0 Å². The smallest absolute Gasteiger partial charge is 0.433 e. The Morgan fingerprint density at radius 1 is 1.31 bits per heavy atom. The molecule has 1 aromatic heterocycles. The minimum absolute atomic E-state index is 0.0188. The molecule has 0 saturated heterocycles. The highest BCUT2D eigenvalue weighted by atomic mass is 19.4. The third-order valence-corrected chi connectivity index (χ3v) is 3.75. The Bertz CT molecular complexity index is 627. The Morgan fingerprint density at radius 3 is 2.31 bits per heavy atom. The minimum atomic E-state index is -4.55. The molecule has 0 aliphatic heterocycles. The molecule has 4 N–H and O–H groups in total. The van der Waals surface area contributed by atoms with Crippen LogP contribution < -0.4 is 11.3 Å². The van der Waals surface area contributed by atoms with Crippen LogP contribution in [0, 0.1) is 0 Å². The number of carbonyl (C=O) groups is 2. The van der Waals surface area contributed by atoms with Crippen molar-refractivity contribution in [1.82, 2.24) is 15.3 Å². The van der Waals surface area contributed by atoms with E-state index in [1.807, 2.05) is 5.43 Å². The summed E-state index contributed by atoms with van der Waals surface area (Å²) in [4.78, 5) is 27.7. The van der Waals surface area contributed by atoms with E-state index in [1.54, 1.807) is 20.8 Å². The van der Waals surface area contributed by atoms with E-state index < -0.39 is 35.5 Å². The molecule has 146 valence electrons. The molecule has 0 spiro atoms. The number of nitrogens with zero attached hydrogens (tertiary/aromatic N) is 2. The molecule has 0 saturated carbocycles. The zero-order chi connectivity index (χ0) is 20.1. The maximum atomic E-state index is 12.6. The normalized spacial score (nSPS) is 13.2. The lowest BCUT2D eigenvalue weighted by Crippen LogP contribution is -2.52. The van der Waals surface area contributed by atoms with Crippen molar-refractivity contribution in [3.63, 3.8) is 0 Å². The van der Waals surface area contributed by atoms with Gasteiger partial charge in [-0.1, -0.05) is 6.07 Å². The van der Waals surface area contributed by atoms with Crippen LogP contribution in [0.2, 0.25) is 0 Å². The number of hydrogen-bond acceptors (Lipinski definition) is 4. The number of nitrogens with two attached hydrogens (primary N) is 1. The van der Waals surface area contributed by atoms with Crippen molar-refractivity contribution in [2.24, 2.45) is 5.84 Å². The van der Waals surface area contributed by atoms with Crippen molar-refractivity contribution in [2.75, 3.05) is 0 Å². The Kier molecular flexibility index (Phi) is 6.96. The van der Waals surface area contributed by atoms with E-state index in [0.717, 1.165) is 12.3 Å². The van der Waals surface area contributed by atoms with Crippen LogP contribution in [-0.4, -0.2) is 38.6 Å². The first kappa shape index (κ1) is 21.7. The Hall–Kier alpha value is -2.36. The summed E-state index contributed by atoms with van der Waals surface area (Å²) < 4.78 is 37.8. The summed E-state index contributed by atoms with van der Waals surface area (Å²) in [5.74, 6) is 4.59. The summed E-state index contributed by atoms with van der Waals surface area (Å²) in [6.45, 7) is 5.09. The number of nitrogens with one attached hydrogen (secondary N) is 1. The van der Waals surface area contributed by atoms with Crippen molar-refractivity contribution in [3.05, 3.63) is 29.6 Å². The van der Waals surface area contributed by atoms with Crippen molar-refractivity contribution < 1.29 is 27.9 Å². The number of aromatic nitrogens is 1. The van der Waals surface area contributed by atoms with E-state index in [9.17, 15) is 27.9 Å². The summed E-state index contributed by atoms with van der Waals surface area (Å²) in [5, 5.41) is 9.57. The third kappa shape index (κ3) is 6.17. The summed E-state index contributed by atoms with van der Waals surface area (Å²) >= 11 is 0. The largest absolute Gasteiger partial charge is 0.465 e. The third-order valence-electron chi connectivity index (χ3n) is 3.75.